The summed E-state index contributed by atoms with van der Waals surface area (Å²) in [6.07, 6.45) is 0.288. The van der Waals surface area contributed by atoms with Crippen molar-refractivity contribution in [2.75, 3.05) is 0 Å². The maximum absolute atomic E-state index is 12.0. The average molecular weight is 296 g/mol. The van der Waals surface area contributed by atoms with Crippen LogP contribution in [0.4, 0.5) is 0 Å². The van der Waals surface area contributed by atoms with Gasteiger partial charge >= 0.3 is 0 Å². The van der Waals surface area contributed by atoms with Crippen LogP contribution in [0.1, 0.15) is 24.9 Å². The lowest BCUT2D eigenvalue weighted by Crippen LogP contribution is -2.29. The second kappa shape index (κ2) is 3.75. The fraction of sp³-hybridized carbons (Fsp3) is 0.500. The summed E-state index contributed by atoms with van der Waals surface area (Å²) in [4.78, 5) is 0. The molecule has 0 radical (unpaired) electrons. The van der Waals surface area contributed by atoms with E-state index in [9.17, 15) is 16.8 Å². The summed E-state index contributed by atoms with van der Waals surface area (Å²) in [5.74, 6) is 0. The first kappa shape index (κ1) is 13.0. The molecular formula is C8H12N2O4S3. The lowest BCUT2D eigenvalue weighted by molar-refractivity contribution is 0.542. The molecule has 1 aliphatic heterocycles. The van der Waals surface area contributed by atoms with Gasteiger partial charge in [0.25, 0.3) is 0 Å². The van der Waals surface area contributed by atoms with Gasteiger partial charge in [-0.2, -0.15) is 0 Å². The fourth-order valence-electron chi connectivity index (χ4n) is 1.78. The molecular weight excluding hydrogens is 284 g/mol. The van der Waals surface area contributed by atoms with E-state index in [1.54, 1.807) is 6.92 Å². The van der Waals surface area contributed by atoms with Crippen molar-refractivity contribution in [1.29, 1.82) is 0 Å². The van der Waals surface area contributed by atoms with Crippen molar-refractivity contribution in [3.05, 3.63) is 11.6 Å². The monoisotopic (exact) mass is 296 g/mol. The first-order valence-electron chi connectivity index (χ1n) is 4.80. The van der Waals surface area contributed by atoms with Gasteiger partial charge in [-0.25, -0.2) is 22.0 Å². The lowest BCUT2D eigenvalue weighted by atomic mass is 10.1. The van der Waals surface area contributed by atoms with Crippen molar-refractivity contribution in [3.63, 3.8) is 0 Å². The quantitative estimate of drug-likeness (QED) is 0.753. The van der Waals surface area contributed by atoms with Gasteiger partial charge in [-0.05, 0) is 25.0 Å². The molecule has 0 saturated carbocycles. The Bertz CT molecular complexity index is 659. The molecule has 2 rings (SSSR count). The van der Waals surface area contributed by atoms with E-state index >= 15 is 0 Å². The van der Waals surface area contributed by atoms with Crippen LogP contribution in [0.5, 0.6) is 0 Å². The zero-order valence-electron chi connectivity index (χ0n) is 8.95. The van der Waals surface area contributed by atoms with Crippen LogP contribution in [0.25, 0.3) is 0 Å². The Labute approximate surface area is 104 Å². The molecule has 2 heterocycles. The van der Waals surface area contributed by atoms with Gasteiger partial charge < -0.3 is 5.73 Å². The number of nitrogens with two attached hydrogens (primary N) is 2. The van der Waals surface area contributed by atoms with E-state index in [-0.39, 0.29) is 14.8 Å². The van der Waals surface area contributed by atoms with Gasteiger partial charge in [0.15, 0.2) is 9.84 Å². The van der Waals surface area contributed by atoms with Gasteiger partial charge in [0.1, 0.15) is 8.42 Å². The molecule has 0 aliphatic carbocycles. The Hall–Kier alpha value is -0.480. The van der Waals surface area contributed by atoms with Crippen LogP contribution in [0.3, 0.4) is 0 Å². The van der Waals surface area contributed by atoms with E-state index in [2.05, 4.69) is 0 Å². The molecule has 0 amide bonds. The lowest BCUT2D eigenvalue weighted by Gasteiger charge is -2.23. The number of hydrogen-bond donors (Lipinski definition) is 2. The average Bonchev–Trinajstić information content (AvgIpc) is 2.59. The third-order valence-corrected chi connectivity index (χ3v) is 8.07. The molecule has 6 nitrogen and oxygen atoms in total. The molecule has 0 unspecified atom stereocenters. The number of fused-ring (bicyclic) bond motifs is 1. The summed E-state index contributed by atoms with van der Waals surface area (Å²) >= 11 is 0.676. The van der Waals surface area contributed by atoms with Crippen molar-refractivity contribution in [1.82, 2.24) is 0 Å². The Balaban J connectivity index is 2.73. The molecule has 4 N–H and O–H groups in total. The van der Waals surface area contributed by atoms with Gasteiger partial charge in [0.2, 0.25) is 10.0 Å². The number of sulfone groups is 1. The molecule has 9 heteroatoms. The minimum Gasteiger partial charge on any atom is -0.324 e. The molecule has 17 heavy (non-hydrogen) atoms. The predicted molar refractivity (Wildman–Crippen MR) is 63.9 cm³/mol. The Morgan fingerprint density at radius 3 is 2.59 bits per heavy atom. The van der Waals surface area contributed by atoms with Crippen LogP contribution >= 0.6 is 11.3 Å². The first-order chi connectivity index (χ1) is 7.64. The smallest absolute Gasteiger partial charge is 0.247 e. The van der Waals surface area contributed by atoms with Crippen LogP contribution in [0.2, 0.25) is 0 Å². The highest BCUT2D eigenvalue weighted by atomic mass is 32.3. The van der Waals surface area contributed by atoms with Crippen LogP contribution in [-0.4, -0.2) is 22.1 Å². The highest BCUT2D eigenvalue weighted by Crippen LogP contribution is 2.41. The minimum absolute atomic E-state index is 0.0350. The molecule has 0 bridgehead atoms. The number of hydrogen-bond acceptors (Lipinski definition) is 6. The molecule has 0 aromatic carbocycles. The van der Waals surface area contributed by atoms with Gasteiger partial charge in [-0.1, -0.05) is 0 Å². The summed E-state index contributed by atoms with van der Waals surface area (Å²) in [7, 11) is -7.36. The third-order valence-electron chi connectivity index (χ3n) is 2.76. The Morgan fingerprint density at radius 2 is 2.06 bits per heavy atom. The zero-order chi connectivity index (χ0) is 13.0. The van der Waals surface area contributed by atoms with Crippen molar-refractivity contribution in [2.45, 2.75) is 33.1 Å². The highest BCUT2D eigenvalue weighted by Gasteiger charge is 2.37. The molecule has 0 fully saturated rings. The molecule has 96 valence electrons. The van der Waals surface area contributed by atoms with E-state index in [0.29, 0.717) is 16.9 Å². The molecule has 2 atom stereocenters. The normalized spacial score (nSPS) is 27.7. The molecule has 1 aliphatic rings. The standard InChI is InChI=1S/C8H12N2O4S3/c1-4-2-6(9)5-3-7(17(10,13)14)15-8(5)16(4,11)12/h3-4,6H,2,9H2,1H3,(H2,10,13,14)/t4-,6-/m0/s1. The SMILES string of the molecule is C[C@H]1C[C@H](N)c2cc(S(N)(=O)=O)sc2S1(=O)=O. The summed E-state index contributed by atoms with van der Waals surface area (Å²) in [6, 6.07) is 0.805. The van der Waals surface area contributed by atoms with E-state index in [1.807, 2.05) is 0 Å². The van der Waals surface area contributed by atoms with E-state index < -0.39 is 31.2 Å². The van der Waals surface area contributed by atoms with E-state index in [4.69, 9.17) is 10.9 Å². The van der Waals surface area contributed by atoms with Crippen LogP contribution in [0.15, 0.2) is 14.5 Å². The van der Waals surface area contributed by atoms with Gasteiger partial charge in [-0.3, -0.25) is 0 Å². The van der Waals surface area contributed by atoms with Crippen LogP contribution < -0.4 is 10.9 Å². The summed E-state index contributed by atoms with van der Waals surface area (Å²) in [5, 5.41) is 4.38. The molecule has 0 spiro atoms. The van der Waals surface area contributed by atoms with Crippen LogP contribution in [0, 0.1) is 0 Å². The third kappa shape index (κ3) is 2.02. The summed E-state index contributed by atoms with van der Waals surface area (Å²) in [6.45, 7) is 1.56. The summed E-state index contributed by atoms with van der Waals surface area (Å²) in [5.41, 5.74) is 6.18. The number of thiophene rings is 1. The largest absolute Gasteiger partial charge is 0.324 e. The Morgan fingerprint density at radius 1 is 1.47 bits per heavy atom. The van der Waals surface area contributed by atoms with Gasteiger partial charge in [0.05, 0.1) is 5.25 Å². The van der Waals surface area contributed by atoms with Gasteiger partial charge in [0, 0.05) is 6.04 Å². The first-order valence-corrected chi connectivity index (χ1v) is 8.71. The van der Waals surface area contributed by atoms with Crippen LogP contribution in [-0.2, 0) is 19.9 Å². The van der Waals surface area contributed by atoms with E-state index in [1.165, 1.54) is 6.07 Å². The number of rotatable bonds is 1. The van der Waals surface area contributed by atoms with Crippen molar-refractivity contribution >= 4 is 31.2 Å². The second-order valence-corrected chi connectivity index (χ2v) is 9.45. The fourth-order valence-corrected chi connectivity index (χ4v) is 6.23. The summed E-state index contributed by atoms with van der Waals surface area (Å²) < 4.78 is 46.3. The molecule has 0 saturated heterocycles. The van der Waals surface area contributed by atoms with Crippen molar-refractivity contribution in [2.24, 2.45) is 10.9 Å². The zero-order valence-corrected chi connectivity index (χ0v) is 11.4. The van der Waals surface area contributed by atoms with Crippen molar-refractivity contribution in [3.8, 4) is 0 Å². The minimum atomic E-state index is -3.89. The van der Waals surface area contributed by atoms with E-state index in [0.717, 1.165) is 0 Å². The van der Waals surface area contributed by atoms with Crippen molar-refractivity contribution < 1.29 is 16.8 Å². The molecule has 1 aromatic heterocycles. The maximum atomic E-state index is 12.0. The topological polar surface area (TPSA) is 120 Å². The number of sulfonamides is 1. The predicted octanol–water partition coefficient (Wildman–Crippen LogP) is -0.0388. The molecule has 1 aromatic rings. The highest BCUT2D eigenvalue weighted by molar-refractivity contribution is 7.95. The second-order valence-electron chi connectivity index (χ2n) is 4.05. The maximum Gasteiger partial charge on any atom is 0.247 e. The Kier molecular flexibility index (Phi) is 2.86. The van der Waals surface area contributed by atoms with Gasteiger partial charge in [-0.15, -0.1) is 11.3 Å². The number of primary sulfonamides is 1.